The van der Waals surface area contributed by atoms with Crippen LogP contribution in [0.15, 0.2) is 33.9 Å². The van der Waals surface area contributed by atoms with Gasteiger partial charge in [0.2, 0.25) is 5.88 Å². The molecule has 0 saturated heterocycles. The molecule has 0 spiro atoms. The van der Waals surface area contributed by atoms with Crippen molar-refractivity contribution in [1.82, 2.24) is 9.55 Å². The average Bonchev–Trinajstić information content (AvgIpc) is 2.28. The Morgan fingerprint density at radius 2 is 1.75 bits per heavy atom. The molecule has 2 N–H and O–H groups in total. The maximum Gasteiger partial charge on any atom is 0.331 e. The van der Waals surface area contributed by atoms with Gasteiger partial charge in [-0.3, -0.25) is 14.3 Å². The first kappa shape index (κ1) is 14.1. The zero-order valence-corrected chi connectivity index (χ0v) is 12.0. The van der Waals surface area contributed by atoms with Gasteiger partial charge in [-0.2, -0.15) is 0 Å². The van der Waals surface area contributed by atoms with Gasteiger partial charge in [-0.15, -0.1) is 0 Å². The van der Waals surface area contributed by atoms with Gasteiger partial charge in [0, 0.05) is 5.54 Å². The van der Waals surface area contributed by atoms with E-state index in [1.165, 1.54) is 4.57 Å². The second-order valence-electron chi connectivity index (χ2n) is 5.78. The van der Waals surface area contributed by atoms with Crippen LogP contribution in [0.5, 0.6) is 5.88 Å². The van der Waals surface area contributed by atoms with Crippen LogP contribution in [0.4, 0.5) is 0 Å². The van der Waals surface area contributed by atoms with E-state index < -0.39 is 16.8 Å². The van der Waals surface area contributed by atoms with E-state index in [-0.39, 0.29) is 11.4 Å². The number of H-pyrrole nitrogens is 1. The molecular weight excluding hydrogens is 256 g/mol. The molecule has 0 saturated carbocycles. The summed E-state index contributed by atoms with van der Waals surface area (Å²) >= 11 is 0. The normalized spacial score (nSPS) is 11.6. The maximum atomic E-state index is 12.1. The summed E-state index contributed by atoms with van der Waals surface area (Å²) in [5, 5.41) is 10.4. The molecule has 0 bridgehead atoms. The maximum absolute atomic E-state index is 12.1. The number of benzene rings is 1. The van der Waals surface area contributed by atoms with Crippen molar-refractivity contribution in [3.63, 3.8) is 0 Å². The van der Waals surface area contributed by atoms with E-state index in [1.807, 2.05) is 19.1 Å². The fraction of sp³-hybridized carbons (Fsp3) is 0.333. The van der Waals surface area contributed by atoms with Gasteiger partial charge in [0.05, 0.1) is 0 Å². The van der Waals surface area contributed by atoms with Crippen molar-refractivity contribution in [2.75, 3.05) is 0 Å². The molecule has 0 radical (unpaired) electrons. The van der Waals surface area contributed by atoms with Crippen molar-refractivity contribution in [2.45, 2.75) is 33.2 Å². The van der Waals surface area contributed by atoms with Crippen LogP contribution < -0.4 is 11.2 Å². The second kappa shape index (κ2) is 4.67. The van der Waals surface area contributed by atoms with Crippen molar-refractivity contribution in [2.24, 2.45) is 0 Å². The highest BCUT2D eigenvalue weighted by molar-refractivity contribution is 5.70. The molecule has 106 valence electrons. The molecule has 0 aliphatic heterocycles. The molecule has 5 heteroatoms. The van der Waals surface area contributed by atoms with Crippen LogP contribution in [-0.4, -0.2) is 14.7 Å². The average molecular weight is 274 g/mol. The summed E-state index contributed by atoms with van der Waals surface area (Å²) in [6.07, 6.45) is 0. The third-order valence-electron chi connectivity index (χ3n) is 3.17. The third-order valence-corrected chi connectivity index (χ3v) is 3.17. The minimum atomic E-state index is -0.636. The summed E-state index contributed by atoms with van der Waals surface area (Å²) in [6.45, 7) is 7.21. The van der Waals surface area contributed by atoms with Crippen LogP contribution >= 0.6 is 0 Å². The Bertz CT molecular complexity index is 764. The van der Waals surface area contributed by atoms with Gasteiger partial charge in [-0.05, 0) is 38.8 Å². The topological polar surface area (TPSA) is 75.1 Å². The zero-order valence-electron chi connectivity index (χ0n) is 12.0. The molecule has 0 aliphatic carbocycles. The van der Waals surface area contributed by atoms with E-state index in [9.17, 15) is 14.7 Å². The van der Waals surface area contributed by atoms with Crippen LogP contribution in [0.25, 0.3) is 11.1 Å². The quantitative estimate of drug-likeness (QED) is 0.835. The highest BCUT2D eigenvalue weighted by Crippen LogP contribution is 2.29. The lowest BCUT2D eigenvalue weighted by molar-refractivity contribution is 0.308. The summed E-state index contributed by atoms with van der Waals surface area (Å²) < 4.78 is 1.19. The van der Waals surface area contributed by atoms with E-state index in [0.717, 1.165) is 5.56 Å². The number of hydrogen-bond acceptors (Lipinski definition) is 3. The Labute approximate surface area is 116 Å². The Morgan fingerprint density at radius 1 is 1.15 bits per heavy atom. The fourth-order valence-electron chi connectivity index (χ4n) is 2.24. The molecule has 20 heavy (non-hydrogen) atoms. The monoisotopic (exact) mass is 274 g/mol. The van der Waals surface area contributed by atoms with Crippen molar-refractivity contribution in [1.29, 1.82) is 0 Å². The molecule has 1 aromatic heterocycles. The van der Waals surface area contributed by atoms with E-state index in [2.05, 4.69) is 4.98 Å². The number of aromatic hydroxyl groups is 1. The molecule has 0 aliphatic rings. The standard InChI is InChI=1S/C15H18N2O3/c1-9-7-5-6-8-10(9)11-12(18)16-14(20)17(13(11)19)15(2,3)4/h5-8,19H,1-4H3,(H,16,18,20). The third kappa shape index (κ3) is 2.27. The van der Waals surface area contributed by atoms with Gasteiger partial charge in [0.15, 0.2) is 0 Å². The van der Waals surface area contributed by atoms with Crippen LogP contribution in [0.3, 0.4) is 0 Å². The van der Waals surface area contributed by atoms with Crippen molar-refractivity contribution < 1.29 is 5.11 Å². The van der Waals surface area contributed by atoms with E-state index >= 15 is 0 Å². The molecule has 0 amide bonds. The molecule has 0 unspecified atom stereocenters. The van der Waals surface area contributed by atoms with Gasteiger partial charge in [-0.25, -0.2) is 4.79 Å². The molecule has 2 aromatic rings. The van der Waals surface area contributed by atoms with Crippen molar-refractivity contribution in [3.05, 3.63) is 50.7 Å². The highest BCUT2D eigenvalue weighted by Gasteiger charge is 2.24. The van der Waals surface area contributed by atoms with Gasteiger partial charge in [0.25, 0.3) is 5.56 Å². The van der Waals surface area contributed by atoms with E-state index in [0.29, 0.717) is 5.56 Å². The minimum absolute atomic E-state index is 0.123. The van der Waals surface area contributed by atoms with E-state index in [4.69, 9.17) is 0 Å². The van der Waals surface area contributed by atoms with Crippen LogP contribution in [0.2, 0.25) is 0 Å². The molecule has 0 fully saturated rings. The Balaban J connectivity index is 2.90. The first-order valence-electron chi connectivity index (χ1n) is 6.38. The Kier molecular flexibility index (Phi) is 3.29. The zero-order chi connectivity index (χ0) is 15.1. The highest BCUT2D eigenvalue weighted by atomic mass is 16.3. The first-order valence-corrected chi connectivity index (χ1v) is 6.38. The fourth-order valence-corrected chi connectivity index (χ4v) is 2.24. The lowest BCUT2D eigenvalue weighted by atomic mass is 10.0. The lowest BCUT2D eigenvalue weighted by Gasteiger charge is -2.24. The summed E-state index contributed by atoms with van der Waals surface area (Å²) in [7, 11) is 0. The van der Waals surface area contributed by atoms with Crippen LogP contribution in [-0.2, 0) is 5.54 Å². The predicted molar refractivity (Wildman–Crippen MR) is 78.2 cm³/mol. The van der Waals surface area contributed by atoms with Gasteiger partial charge < -0.3 is 5.11 Å². The number of aryl methyl sites for hydroxylation is 1. The summed E-state index contributed by atoms with van der Waals surface area (Å²) in [5.41, 5.74) is -0.239. The summed E-state index contributed by atoms with van der Waals surface area (Å²) in [6, 6.07) is 7.23. The SMILES string of the molecule is Cc1ccccc1-c1c(O)n(C(C)(C)C)c(=O)[nH]c1=O. The van der Waals surface area contributed by atoms with Crippen LogP contribution in [0.1, 0.15) is 26.3 Å². The molecule has 0 atom stereocenters. The molecule has 1 heterocycles. The first-order chi connectivity index (χ1) is 9.23. The number of aromatic amines is 1. The lowest BCUT2D eigenvalue weighted by Crippen LogP contribution is -2.39. The number of rotatable bonds is 1. The number of aromatic nitrogens is 2. The smallest absolute Gasteiger partial charge is 0.331 e. The van der Waals surface area contributed by atoms with Gasteiger partial charge >= 0.3 is 5.69 Å². The van der Waals surface area contributed by atoms with Crippen molar-refractivity contribution in [3.8, 4) is 17.0 Å². The van der Waals surface area contributed by atoms with E-state index in [1.54, 1.807) is 32.9 Å². The Morgan fingerprint density at radius 3 is 2.30 bits per heavy atom. The molecule has 1 aromatic carbocycles. The molecule has 2 rings (SSSR count). The summed E-state index contributed by atoms with van der Waals surface area (Å²) in [5.74, 6) is -0.305. The predicted octanol–water partition coefficient (Wildman–Crippen LogP) is 1.97. The summed E-state index contributed by atoms with van der Waals surface area (Å²) in [4.78, 5) is 26.3. The Hall–Kier alpha value is -2.30. The van der Waals surface area contributed by atoms with Crippen LogP contribution in [0, 0.1) is 6.92 Å². The second-order valence-corrected chi connectivity index (χ2v) is 5.78. The molecule has 5 nitrogen and oxygen atoms in total. The van der Waals surface area contributed by atoms with Gasteiger partial charge in [0.1, 0.15) is 5.56 Å². The number of nitrogens with one attached hydrogen (secondary N) is 1. The number of nitrogens with zero attached hydrogens (tertiary/aromatic N) is 1. The van der Waals surface area contributed by atoms with Crippen molar-refractivity contribution >= 4 is 0 Å². The minimum Gasteiger partial charge on any atom is -0.494 e. The number of hydrogen-bond donors (Lipinski definition) is 2. The molecular formula is C15H18N2O3. The van der Waals surface area contributed by atoms with Gasteiger partial charge in [-0.1, -0.05) is 24.3 Å². The largest absolute Gasteiger partial charge is 0.494 e.